The van der Waals surface area contributed by atoms with E-state index in [0.29, 0.717) is 6.04 Å². The molecular weight excluding hydrogens is 328 g/mol. The van der Waals surface area contributed by atoms with Gasteiger partial charge in [-0.2, -0.15) is 0 Å². The molecular formula is C12H17BrN4OS. The molecule has 2 unspecified atom stereocenters. The Morgan fingerprint density at radius 3 is 3.00 bits per heavy atom. The van der Waals surface area contributed by atoms with E-state index in [4.69, 9.17) is 0 Å². The van der Waals surface area contributed by atoms with Crippen LogP contribution in [0.5, 0.6) is 0 Å². The van der Waals surface area contributed by atoms with Crippen LogP contribution in [0.15, 0.2) is 23.2 Å². The van der Waals surface area contributed by atoms with Crippen molar-refractivity contribution in [3.63, 3.8) is 0 Å². The van der Waals surface area contributed by atoms with E-state index in [9.17, 15) is 4.21 Å². The van der Waals surface area contributed by atoms with Gasteiger partial charge >= 0.3 is 0 Å². The average Bonchev–Trinajstić information content (AvgIpc) is 2.76. The zero-order chi connectivity index (χ0) is 13.8. The van der Waals surface area contributed by atoms with Gasteiger partial charge in [0.1, 0.15) is 4.60 Å². The van der Waals surface area contributed by atoms with E-state index in [1.165, 1.54) is 0 Å². The number of hydrogen-bond donors (Lipinski definition) is 1. The molecule has 0 amide bonds. The molecule has 5 nitrogen and oxygen atoms in total. The molecule has 0 aliphatic rings. The van der Waals surface area contributed by atoms with Crippen molar-refractivity contribution >= 4 is 32.4 Å². The van der Waals surface area contributed by atoms with Crippen LogP contribution in [0.3, 0.4) is 0 Å². The van der Waals surface area contributed by atoms with Gasteiger partial charge in [0, 0.05) is 41.6 Å². The second kappa shape index (κ2) is 6.58. The van der Waals surface area contributed by atoms with Crippen LogP contribution >= 0.6 is 15.9 Å². The van der Waals surface area contributed by atoms with Gasteiger partial charge in [0.05, 0.1) is 18.1 Å². The first kappa shape index (κ1) is 14.6. The molecule has 2 atom stereocenters. The summed E-state index contributed by atoms with van der Waals surface area (Å²) in [5.74, 6) is 0.733. The van der Waals surface area contributed by atoms with E-state index >= 15 is 0 Å². The van der Waals surface area contributed by atoms with Gasteiger partial charge < -0.3 is 5.32 Å². The Morgan fingerprint density at radius 1 is 1.47 bits per heavy atom. The average molecular weight is 345 g/mol. The molecule has 2 aromatic rings. The Bertz CT molecular complexity index is 586. The highest BCUT2D eigenvalue weighted by Gasteiger charge is 2.07. The van der Waals surface area contributed by atoms with Crippen molar-refractivity contribution in [2.45, 2.75) is 25.9 Å². The molecule has 0 radical (unpaired) electrons. The van der Waals surface area contributed by atoms with Gasteiger partial charge in [0.25, 0.3) is 0 Å². The Kier molecular flexibility index (Phi) is 5.06. The lowest BCUT2D eigenvalue weighted by molar-refractivity contribution is 0.528. The highest BCUT2D eigenvalue weighted by molar-refractivity contribution is 9.10. The number of fused-ring (bicyclic) bond motifs is 1. The molecule has 0 aliphatic carbocycles. The van der Waals surface area contributed by atoms with Gasteiger partial charge in [-0.1, -0.05) is 0 Å². The monoisotopic (exact) mass is 344 g/mol. The van der Waals surface area contributed by atoms with E-state index in [0.717, 1.165) is 34.7 Å². The van der Waals surface area contributed by atoms with Crippen molar-refractivity contribution in [2.75, 3.05) is 12.0 Å². The molecule has 0 aromatic carbocycles. The van der Waals surface area contributed by atoms with Crippen LogP contribution in [0, 0.1) is 0 Å². The van der Waals surface area contributed by atoms with Crippen molar-refractivity contribution in [2.24, 2.45) is 0 Å². The number of imidazole rings is 1. The quantitative estimate of drug-likeness (QED) is 0.866. The second-order valence-corrected chi connectivity index (χ2v) is 6.90. The summed E-state index contributed by atoms with van der Waals surface area (Å²) < 4.78 is 13.8. The summed E-state index contributed by atoms with van der Waals surface area (Å²) in [7, 11) is -0.724. The summed E-state index contributed by atoms with van der Waals surface area (Å²) in [5.41, 5.74) is 1.92. The number of aromatic nitrogens is 3. The second-order valence-electron chi connectivity index (χ2n) is 4.54. The fourth-order valence-corrected chi connectivity index (χ4v) is 2.76. The third-order valence-electron chi connectivity index (χ3n) is 2.91. The molecule has 104 valence electrons. The normalized spacial score (nSPS) is 14.7. The molecule has 7 heteroatoms. The molecule has 0 spiro atoms. The summed E-state index contributed by atoms with van der Waals surface area (Å²) in [6, 6.07) is 0.333. The van der Waals surface area contributed by atoms with Crippen LogP contribution in [0.1, 0.15) is 19.0 Å². The fourth-order valence-electron chi connectivity index (χ4n) is 1.77. The lowest BCUT2D eigenvalue weighted by atomic mass is 10.2. The summed E-state index contributed by atoms with van der Waals surface area (Å²) in [6.07, 6.45) is 8.14. The smallest absolute Gasteiger partial charge is 0.155 e. The van der Waals surface area contributed by atoms with Crippen LogP contribution in [0.25, 0.3) is 5.65 Å². The molecule has 0 saturated carbocycles. The summed E-state index contributed by atoms with van der Waals surface area (Å²) in [6.45, 7) is 2.84. The summed E-state index contributed by atoms with van der Waals surface area (Å²) >= 11 is 3.36. The lowest BCUT2D eigenvalue weighted by Crippen LogP contribution is -2.27. The third kappa shape index (κ3) is 4.09. The zero-order valence-corrected chi connectivity index (χ0v) is 13.4. The standard InChI is InChI=1S/C12H17BrN4OS/c1-9(3-4-19(2)18)14-5-10-6-16-12-7-15-11(13)8-17(10)12/h6-9,14H,3-5H2,1-2H3. The maximum absolute atomic E-state index is 11.1. The number of hydrogen-bond acceptors (Lipinski definition) is 4. The van der Waals surface area contributed by atoms with Crippen molar-refractivity contribution in [3.8, 4) is 0 Å². The van der Waals surface area contributed by atoms with Gasteiger partial charge in [-0.15, -0.1) is 0 Å². The molecule has 1 N–H and O–H groups in total. The third-order valence-corrected chi connectivity index (χ3v) is 4.13. The molecule has 0 bridgehead atoms. The highest BCUT2D eigenvalue weighted by atomic mass is 79.9. The van der Waals surface area contributed by atoms with Crippen LogP contribution in [0.2, 0.25) is 0 Å². The summed E-state index contributed by atoms with van der Waals surface area (Å²) in [5, 5.41) is 3.42. The Hall–Kier alpha value is -0.790. The Morgan fingerprint density at radius 2 is 2.26 bits per heavy atom. The maximum atomic E-state index is 11.1. The molecule has 0 aliphatic heterocycles. The van der Waals surface area contributed by atoms with Crippen LogP contribution in [-0.4, -0.2) is 36.6 Å². The first-order chi connectivity index (χ1) is 9.06. The molecule has 0 saturated heterocycles. The van der Waals surface area contributed by atoms with Gasteiger partial charge in [-0.25, -0.2) is 9.97 Å². The molecule has 2 heterocycles. The minimum atomic E-state index is -0.724. The van der Waals surface area contributed by atoms with Gasteiger partial charge in [0.15, 0.2) is 5.65 Å². The van der Waals surface area contributed by atoms with E-state index in [1.54, 1.807) is 12.5 Å². The Labute approximate surface area is 123 Å². The van der Waals surface area contributed by atoms with Crippen molar-refractivity contribution in [1.82, 2.24) is 19.7 Å². The largest absolute Gasteiger partial charge is 0.309 e. The topological polar surface area (TPSA) is 59.3 Å². The number of rotatable bonds is 6. The van der Waals surface area contributed by atoms with Crippen LogP contribution in [-0.2, 0) is 17.3 Å². The first-order valence-electron chi connectivity index (χ1n) is 6.07. The van der Waals surface area contributed by atoms with Gasteiger partial charge in [0.2, 0.25) is 0 Å². The number of nitrogens with one attached hydrogen (secondary N) is 1. The first-order valence-corrected chi connectivity index (χ1v) is 8.59. The maximum Gasteiger partial charge on any atom is 0.155 e. The van der Waals surface area contributed by atoms with E-state index < -0.39 is 10.8 Å². The van der Waals surface area contributed by atoms with Crippen molar-refractivity contribution in [3.05, 3.63) is 28.9 Å². The van der Waals surface area contributed by atoms with Gasteiger partial charge in [-0.3, -0.25) is 8.61 Å². The van der Waals surface area contributed by atoms with Crippen LogP contribution < -0.4 is 5.32 Å². The predicted molar refractivity (Wildman–Crippen MR) is 80.5 cm³/mol. The van der Waals surface area contributed by atoms with E-state index in [1.807, 2.05) is 16.8 Å². The molecule has 2 rings (SSSR count). The van der Waals surface area contributed by atoms with E-state index in [-0.39, 0.29) is 0 Å². The zero-order valence-electron chi connectivity index (χ0n) is 11.0. The molecule has 2 aromatic heterocycles. The highest BCUT2D eigenvalue weighted by Crippen LogP contribution is 2.10. The van der Waals surface area contributed by atoms with Crippen LogP contribution in [0.4, 0.5) is 0 Å². The SMILES string of the molecule is CC(CCS(C)=O)NCc1cnc2cnc(Br)cn12. The van der Waals surface area contributed by atoms with Gasteiger partial charge in [-0.05, 0) is 29.3 Å². The molecule has 0 fully saturated rings. The van der Waals surface area contributed by atoms with Crippen molar-refractivity contribution < 1.29 is 4.21 Å². The summed E-state index contributed by atoms with van der Waals surface area (Å²) in [4.78, 5) is 8.45. The van der Waals surface area contributed by atoms with Crippen molar-refractivity contribution in [1.29, 1.82) is 0 Å². The number of nitrogens with zero attached hydrogens (tertiary/aromatic N) is 3. The number of halogens is 1. The fraction of sp³-hybridized carbons (Fsp3) is 0.500. The van der Waals surface area contributed by atoms with E-state index in [2.05, 4.69) is 38.1 Å². The lowest BCUT2D eigenvalue weighted by Gasteiger charge is -2.12. The minimum absolute atomic E-state index is 0.333. The predicted octanol–water partition coefficient (Wildman–Crippen LogP) is 1.74. The Balaban J connectivity index is 1.98. The minimum Gasteiger partial charge on any atom is -0.309 e. The molecule has 19 heavy (non-hydrogen) atoms.